The van der Waals surface area contributed by atoms with Crippen LogP contribution in [0.2, 0.25) is 10.0 Å². The van der Waals surface area contributed by atoms with E-state index in [-0.39, 0.29) is 6.04 Å². The molecule has 0 aliphatic heterocycles. The predicted molar refractivity (Wildman–Crippen MR) is 66.2 cm³/mol. The molecule has 0 aliphatic rings. The molecule has 1 N–H and O–H groups in total. The Labute approximate surface area is 101 Å². The van der Waals surface area contributed by atoms with Gasteiger partial charge in [-0.15, -0.1) is 6.42 Å². The van der Waals surface area contributed by atoms with Gasteiger partial charge in [-0.3, -0.25) is 5.32 Å². The number of hydrogen-bond donors (Lipinski definition) is 1. The summed E-state index contributed by atoms with van der Waals surface area (Å²) in [6, 6.07) is 5.68. The third-order valence-electron chi connectivity index (χ3n) is 2.15. The minimum Gasteiger partial charge on any atom is -0.300 e. The Morgan fingerprint density at radius 2 is 2.13 bits per heavy atom. The quantitative estimate of drug-likeness (QED) is 0.797. The van der Waals surface area contributed by atoms with Crippen molar-refractivity contribution in [3.8, 4) is 12.3 Å². The van der Waals surface area contributed by atoms with Crippen molar-refractivity contribution in [2.75, 3.05) is 0 Å². The number of rotatable bonds is 4. The van der Waals surface area contributed by atoms with Crippen molar-refractivity contribution >= 4 is 23.2 Å². The van der Waals surface area contributed by atoms with Crippen LogP contribution in [-0.4, -0.2) is 6.04 Å². The van der Waals surface area contributed by atoms with Gasteiger partial charge in [0.15, 0.2) is 0 Å². The van der Waals surface area contributed by atoms with Gasteiger partial charge in [-0.2, -0.15) is 0 Å². The second kappa shape index (κ2) is 6.02. The number of nitrogens with one attached hydrogen (secondary N) is 1. The van der Waals surface area contributed by atoms with Gasteiger partial charge in [0.05, 0.1) is 16.1 Å². The van der Waals surface area contributed by atoms with Crippen molar-refractivity contribution in [1.82, 2.24) is 5.32 Å². The second-order valence-electron chi connectivity index (χ2n) is 3.26. The Morgan fingerprint density at radius 1 is 1.40 bits per heavy atom. The van der Waals surface area contributed by atoms with E-state index in [0.717, 1.165) is 12.0 Å². The molecule has 1 atom stereocenters. The Morgan fingerprint density at radius 3 is 2.67 bits per heavy atom. The summed E-state index contributed by atoms with van der Waals surface area (Å²) in [6.07, 6.45) is 6.26. The molecule has 0 aliphatic carbocycles. The summed E-state index contributed by atoms with van der Waals surface area (Å²) in [4.78, 5) is 0. The SMILES string of the molecule is C#CC(CC)NCc1ccc(Cl)c(Cl)c1. The molecular weight excluding hydrogens is 229 g/mol. The molecule has 1 aromatic carbocycles. The van der Waals surface area contributed by atoms with Crippen LogP contribution in [0.5, 0.6) is 0 Å². The summed E-state index contributed by atoms with van der Waals surface area (Å²) >= 11 is 11.7. The Hall–Kier alpha value is -0.680. The van der Waals surface area contributed by atoms with Crippen molar-refractivity contribution in [3.05, 3.63) is 33.8 Å². The standard InChI is InChI=1S/C12H13Cl2N/c1-3-10(4-2)15-8-9-5-6-11(13)12(14)7-9/h1,5-7,10,15H,4,8H2,2H3. The van der Waals surface area contributed by atoms with Crippen LogP contribution in [0.3, 0.4) is 0 Å². The van der Waals surface area contributed by atoms with Crippen molar-refractivity contribution in [2.24, 2.45) is 0 Å². The molecular formula is C12H13Cl2N. The summed E-state index contributed by atoms with van der Waals surface area (Å²) in [5.74, 6) is 2.68. The first-order chi connectivity index (χ1) is 7.17. The van der Waals surface area contributed by atoms with E-state index in [2.05, 4.69) is 11.2 Å². The molecule has 0 radical (unpaired) electrons. The van der Waals surface area contributed by atoms with E-state index in [0.29, 0.717) is 16.6 Å². The highest BCUT2D eigenvalue weighted by Crippen LogP contribution is 2.22. The molecule has 3 heteroatoms. The molecule has 1 nitrogen and oxygen atoms in total. The van der Waals surface area contributed by atoms with E-state index in [1.54, 1.807) is 6.07 Å². The maximum Gasteiger partial charge on any atom is 0.0686 e. The summed E-state index contributed by atoms with van der Waals surface area (Å²) in [7, 11) is 0. The number of halogens is 2. The van der Waals surface area contributed by atoms with Gasteiger partial charge in [-0.05, 0) is 24.1 Å². The zero-order chi connectivity index (χ0) is 11.3. The van der Waals surface area contributed by atoms with Crippen LogP contribution < -0.4 is 5.32 Å². The molecule has 1 unspecified atom stereocenters. The first-order valence-corrected chi connectivity index (χ1v) is 5.56. The zero-order valence-corrected chi connectivity index (χ0v) is 10.1. The predicted octanol–water partition coefficient (Wildman–Crippen LogP) is 3.49. The molecule has 0 heterocycles. The first-order valence-electron chi connectivity index (χ1n) is 4.80. The molecule has 1 aromatic rings. The number of hydrogen-bond acceptors (Lipinski definition) is 1. The molecule has 0 spiro atoms. The highest BCUT2D eigenvalue weighted by atomic mass is 35.5. The zero-order valence-electron chi connectivity index (χ0n) is 8.56. The van der Waals surface area contributed by atoms with Crippen LogP contribution in [0.1, 0.15) is 18.9 Å². The molecule has 15 heavy (non-hydrogen) atoms. The molecule has 0 bridgehead atoms. The molecule has 80 valence electrons. The second-order valence-corrected chi connectivity index (χ2v) is 4.07. The molecule has 0 saturated heterocycles. The van der Waals surface area contributed by atoms with E-state index < -0.39 is 0 Å². The maximum absolute atomic E-state index is 5.90. The lowest BCUT2D eigenvalue weighted by Crippen LogP contribution is -2.26. The lowest BCUT2D eigenvalue weighted by atomic mass is 10.2. The van der Waals surface area contributed by atoms with Gasteiger partial charge < -0.3 is 0 Å². The third kappa shape index (κ3) is 3.76. The van der Waals surface area contributed by atoms with Gasteiger partial charge in [0.1, 0.15) is 0 Å². The van der Waals surface area contributed by atoms with Crippen LogP contribution in [-0.2, 0) is 6.54 Å². The van der Waals surface area contributed by atoms with Gasteiger partial charge in [0.25, 0.3) is 0 Å². The monoisotopic (exact) mass is 241 g/mol. The van der Waals surface area contributed by atoms with Crippen molar-refractivity contribution in [1.29, 1.82) is 0 Å². The average molecular weight is 242 g/mol. The van der Waals surface area contributed by atoms with E-state index in [1.807, 2.05) is 19.1 Å². The van der Waals surface area contributed by atoms with E-state index >= 15 is 0 Å². The van der Waals surface area contributed by atoms with Gasteiger partial charge in [0, 0.05) is 6.54 Å². The minimum atomic E-state index is 0.111. The summed E-state index contributed by atoms with van der Waals surface area (Å²) in [6.45, 7) is 2.76. The number of benzene rings is 1. The van der Waals surface area contributed by atoms with Gasteiger partial charge in [-0.1, -0.05) is 42.1 Å². The van der Waals surface area contributed by atoms with Gasteiger partial charge in [0.2, 0.25) is 0 Å². The molecule has 1 rings (SSSR count). The molecule has 0 fully saturated rings. The Kier molecular flexibility index (Phi) is 4.98. The number of terminal acetylenes is 1. The lowest BCUT2D eigenvalue weighted by molar-refractivity contribution is 0.592. The van der Waals surface area contributed by atoms with Crippen LogP contribution in [0.25, 0.3) is 0 Å². The average Bonchev–Trinajstić information content (AvgIpc) is 2.24. The van der Waals surface area contributed by atoms with E-state index in [4.69, 9.17) is 29.6 Å². The largest absolute Gasteiger partial charge is 0.300 e. The molecule has 0 amide bonds. The van der Waals surface area contributed by atoms with Crippen molar-refractivity contribution < 1.29 is 0 Å². The van der Waals surface area contributed by atoms with Crippen molar-refractivity contribution in [2.45, 2.75) is 25.9 Å². The fourth-order valence-electron chi connectivity index (χ4n) is 1.21. The van der Waals surface area contributed by atoms with E-state index in [1.165, 1.54) is 0 Å². The summed E-state index contributed by atoms with van der Waals surface area (Å²) < 4.78 is 0. The topological polar surface area (TPSA) is 12.0 Å². The van der Waals surface area contributed by atoms with Crippen LogP contribution in [0.15, 0.2) is 18.2 Å². The van der Waals surface area contributed by atoms with Crippen LogP contribution >= 0.6 is 23.2 Å². The first kappa shape index (κ1) is 12.4. The van der Waals surface area contributed by atoms with Gasteiger partial charge >= 0.3 is 0 Å². The fourth-order valence-corrected chi connectivity index (χ4v) is 1.53. The normalized spacial score (nSPS) is 12.1. The Balaban J connectivity index is 2.59. The highest BCUT2D eigenvalue weighted by molar-refractivity contribution is 6.42. The molecule has 0 saturated carbocycles. The minimum absolute atomic E-state index is 0.111. The smallest absolute Gasteiger partial charge is 0.0686 e. The summed E-state index contributed by atoms with van der Waals surface area (Å²) in [5.41, 5.74) is 1.08. The van der Waals surface area contributed by atoms with E-state index in [9.17, 15) is 0 Å². The molecule has 0 aromatic heterocycles. The van der Waals surface area contributed by atoms with Gasteiger partial charge in [-0.25, -0.2) is 0 Å². The highest BCUT2D eigenvalue weighted by Gasteiger charge is 2.02. The fraction of sp³-hybridized carbons (Fsp3) is 0.333. The summed E-state index contributed by atoms with van der Waals surface area (Å²) in [5, 5.41) is 4.39. The third-order valence-corrected chi connectivity index (χ3v) is 2.89. The van der Waals surface area contributed by atoms with Crippen molar-refractivity contribution in [3.63, 3.8) is 0 Å². The van der Waals surface area contributed by atoms with Crippen LogP contribution in [0.4, 0.5) is 0 Å². The lowest BCUT2D eigenvalue weighted by Gasteiger charge is -2.10. The van der Waals surface area contributed by atoms with Crippen LogP contribution in [0, 0.1) is 12.3 Å². The maximum atomic E-state index is 5.90. The Bertz CT molecular complexity index is 368.